The second-order valence-corrected chi connectivity index (χ2v) is 15.1. The van der Waals surface area contributed by atoms with Crippen molar-refractivity contribution in [2.45, 2.75) is 0 Å². The largest absolute Gasteiger partial charge is 0.208 e. The third kappa shape index (κ3) is 6.14. The van der Waals surface area contributed by atoms with Gasteiger partial charge in [-0.25, -0.2) is 15.0 Å². The topological polar surface area (TPSA) is 62.5 Å². The monoisotopic (exact) mass is 762 g/mol. The number of benzene rings is 9. The molecule has 1 aromatic heterocycles. The maximum Gasteiger partial charge on any atom is 0.164 e. The Morgan fingerprint density at radius 3 is 1.18 bits per heavy atom. The Morgan fingerprint density at radius 2 is 0.650 bits per heavy atom. The minimum absolute atomic E-state index is 0.635. The molecule has 4 nitrogen and oxygen atoms in total. The van der Waals surface area contributed by atoms with Gasteiger partial charge in [0.05, 0.1) is 11.6 Å². The molecule has 11 rings (SSSR count). The predicted molar refractivity (Wildman–Crippen MR) is 245 cm³/mol. The molecule has 0 fully saturated rings. The summed E-state index contributed by atoms with van der Waals surface area (Å²) >= 11 is 0. The molecule has 4 heteroatoms. The Hall–Kier alpha value is -8.26. The van der Waals surface area contributed by atoms with Crippen LogP contribution in [0.1, 0.15) is 5.56 Å². The Labute approximate surface area is 348 Å². The van der Waals surface area contributed by atoms with Crippen molar-refractivity contribution < 1.29 is 0 Å². The van der Waals surface area contributed by atoms with Gasteiger partial charge in [0, 0.05) is 16.7 Å². The lowest BCUT2D eigenvalue weighted by Gasteiger charge is -2.15. The fourth-order valence-electron chi connectivity index (χ4n) is 8.60. The van der Waals surface area contributed by atoms with Gasteiger partial charge in [0.2, 0.25) is 0 Å². The Morgan fingerprint density at radius 1 is 0.267 bits per heavy atom. The lowest BCUT2D eigenvalue weighted by molar-refractivity contribution is 1.07. The van der Waals surface area contributed by atoms with Gasteiger partial charge in [-0.3, -0.25) is 0 Å². The molecule has 0 amide bonds. The second kappa shape index (κ2) is 14.6. The molecule has 9 aromatic carbocycles. The first-order valence-corrected chi connectivity index (χ1v) is 20.1. The summed E-state index contributed by atoms with van der Waals surface area (Å²) in [6.07, 6.45) is 0. The van der Waals surface area contributed by atoms with Crippen LogP contribution in [0.5, 0.6) is 0 Å². The highest BCUT2D eigenvalue weighted by atomic mass is 15.0. The Bertz CT molecular complexity index is 3210. The fraction of sp³-hybridized carbons (Fsp3) is 0. The van der Waals surface area contributed by atoms with E-state index in [1.165, 1.54) is 38.6 Å². The number of nitrogens with zero attached hydrogens (tertiary/aromatic N) is 4. The average Bonchev–Trinajstić information content (AvgIpc) is 3.66. The van der Waals surface area contributed by atoms with Gasteiger partial charge < -0.3 is 0 Å². The fourth-order valence-corrected chi connectivity index (χ4v) is 8.60. The Kier molecular flexibility index (Phi) is 8.50. The van der Waals surface area contributed by atoms with Crippen molar-refractivity contribution >= 4 is 10.8 Å². The van der Waals surface area contributed by atoms with E-state index in [1.807, 2.05) is 78.9 Å². The summed E-state index contributed by atoms with van der Waals surface area (Å²) in [5.41, 5.74) is 17.5. The van der Waals surface area contributed by atoms with E-state index in [2.05, 4.69) is 133 Å². The summed E-state index contributed by atoms with van der Waals surface area (Å²) < 4.78 is 0. The molecule has 0 spiro atoms. The summed E-state index contributed by atoms with van der Waals surface area (Å²) in [7, 11) is 0. The van der Waals surface area contributed by atoms with Crippen LogP contribution in [0.4, 0.5) is 0 Å². The first-order chi connectivity index (χ1) is 29.7. The molecule has 1 aliphatic carbocycles. The molecule has 278 valence electrons. The van der Waals surface area contributed by atoms with Gasteiger partial charge in [0.25, 0.3) is 0 Å². The van der Waals surface area contributed by atoms with Crippen LogP contribution in [-0.2, 0) is 0 Å². The van der Waals surface area contributed by atoms with Gasteiger partial charge in [-0.15, -0.1) is 0 Å². The molecule has 0 radical (unpaired) electrons. The normalized spacial score (nSPS) is 11.3. The first kappa shape index (κ1) is 34.9. The summed E-state index contributed by atoms with van der Waals surface area (Å²) in [4.78, 5) is 14.7. The predicted octanol–water partition coefficient (Wildman–Crippen LogP) is 14.2. The van der Waals surface area contributed by atoms with E-state index >= 15 is 0 Å². The standard InChI is InChI=1S/C56H34N4/c57-35-36-11-9-18-45(33-36)47-30-32-51-49-20-8-7-19-48(49)50-31-29-46(52(47)53(50)51)39-25-21-37(22-26-39)43-16-10-17-44(34-43)38-23-27-42(28-24-38)56-59-54(40-12-3-1-4-13-40)58-55(60-56)41-14-5-2-6-15-41/h1-34H. The zero-order valence-corrected chi connectivity index (χ0v) is 32.4. The summed E-state index contributed by atoms with van der Waals surface area (Å²) in [6, 6.07) is 74.2. The van der Waals surface area contributed by atoms with Gasteiger partial charge in [-0.1, -0.05) is 188 Å². The maximum absolute atomic E-state index is 9.75. The Balaban J connectivity index is 0.932. The second-order valence-electron chi connectivity index (χ2n) is 15.1. The van der Waals surface area contributed by atoms with Crippen LogP contribution < -0.4 is 0 Å². The van der Waals surface area contributed by atoms with Crippen LogP contribution in [0.3, 0.4) is 0 Å². The van der Waals surface area contributed by atoms with Gasteiger partial charge >= 0.3 is 0 Å². The number of rotatable bonds is 7. The van der Waals surface area contributed by atoms with Crippen molar-refractivity contribution in [2.24, 2.45) is 0 Å². The van der Waals surface area contributed by atoms with Crippen LogP contribution in [0.15, 0.2) is 206 Å². The van der Waals surface area contributed by atoms with E-state index in [9.17, 15) is 5.26 Å². The van der Waals surface area contributed by atoms with Gasteiger partial charge in [-0.05, 0) is 95.7 Å². The molecular formula is C56H34N4. The first-order valence-electron chi connectivity index (χ1n) is 20.1. The summed E-state index contributed by atoms with van der Waals surface area (Å²) in [5.74, 6) is 1.93. The van der Waals surface area contributed by atoms with E-state index in [0.29, 0.717) is 23.0 Å². The van der Waals surface area contributed by atoms with Crippen molar-refractivity contribution in [3.63, 3.8) is 0 Å². The molecule has 10 aromatic rings. The highest BCUT2D eigenvalue weighted by Crippen LogP contribution is 2.52. The average molecular weight is 763 g/mol. The van der Waals surface area contributed by atoms with Gasteiger partial charge in [0.1, 0.15) is 0 Å². The number of hydrogen-bond donors (Lipinski definition) is 0. The molecule has 1 aliphatic rings. The third-order valence-electron chi connectivity index (χ3n) is 11.5. The smallest absolute Gasteiger partial charge is 0.164 e. The van der Waals surface area contributed by atoms with Crippen LogP contribution in [-0.4, -0.2) is 15.0 Å². The van der Waals surface area contributed by atoms with Crippen molar-refractivity contribution in [3.8, 4) is 107 Å². The number of nitriles is 1. The highest BCUT2D eigenvalue weighted by Gasteiger charge is 2.25. The molecule has 0 saturated carbocycles. The quantitative estimate of drug-likeness (QED) is 0.162. The van der Waals surface area contributed by atoms with Crippen LogP contribution >= 0.6 is 0 Å². The minimum atomic E-state index is 0.635. The molecule has 0 unspecified atom stereocenters. The molecule has 1 heterocycles. The third-order valence-corrected chi connectivity index (χ3v) is 11.5. The maximum atomic E-state index is 9.75. The lowest BCUT2D eigenvalue weighted by Crippen LogP contribution is -2.00. The van der Waals surface area contributed by atoms with Crippen molar-refractivity contribution in [1.29, 1.82) is 5.26 Å². The zero-order valence-electron chi connectivity index (χ0n) is 32.4. The van der Waals surface area contributed by atoms with E-state index in [4.69, 9.17) is 15.0 Å². The van der Waals surface area contributed by atoms with E-state index in [-0.39, 0.29) is 0 Å². The number of hydrogen-bond acceptors (Lipinski definition) is 4. The summed E-state index contributed by atoms with van der Waals surface area (Å²) in [6.45, 7) is 0. The highest BCUT2D eigenvalue weighted by molar-refractivity contribution is 6.22. The zero-order chi connectivity index (χ0) is 40.0. The number of aromatic nitrogens is 3. The number of fused-ring (bicyclic) bond motifs is 3. The van der Waals surface area contributed by atoms with E-state index < -0.39 is 0 Å². The van der Waals surface area contributed by atoms with Gasteiger partial charge in [0.15, 0.2) is 17.5 Å². The van der Waals surface area contributed by atoms with E-state index in [0.717, 1.165) is 55.6 Å². The molecule has 60 heavy (non-hydrogen) atoms. The van der Waals surface area contributed by atoms with Gasteiger partial charge in [-0.2, -0.15) is 5.26 Å². The van der Waals surface area contributed by atoms with E-state index in [1.54, 1.807) is 0 Å². The van der Waals surface area contributed by atoms with Crippen LogP contribution in [0.2, 0.25) is 0 Å². The van der Waals surface area contributed by atoms with Crippen LogP contribution in [0.25, 0.3) is 112 Å². The van der Waals surface area contributed by atoms with Crippen molar-refractivity contribution in [1.82, 2.24) is 15.0 Å². The molecule has 0 aliphatic heterocycles. The van der Waals surface area contributed by atoms with Crippen molar-refractivity contribution in [2.75, 3.05) is 0 Å². The van der Waals surface area contributed by atoms with Crippen molar-refractivity contribution in [3.05, 3.63) is 212 Å². The molecule has 0 N–H and O–H groups in total. The minimum Gasteiger partial charge on any atom is -0.208 e. The molecule has 0 saturated heterocycles. The molecule has 0 bridgehead atoms. The van der Waals surface area contributed by atoms with Crippen LogP contribution in [0, 0.1) is 11.3 Å². The summed E-state index contributed by atoms with van der Waals surface area (Å²) in [5, 5.41) is 12.2. The molecular weight excluding hydrogens is 729 g/mol. The SMILES string of the molecule is N#Cc1cccc(-c2ccc3c4c(ccc(-c5ccc(-c6cccc(-c7ccc(-c8nc(-c9ccccc9)nc(-c9ccccc9)n8)cc7)c6)cc5)c24)-c2ccccc2-3)c1. The molecule has 0 atom stereocenters. The lowest BCUT2D eigenvalue weighted by atomic mass is 9.88.